The lowest BCUT2D eigenvalue weighted by Crippen LogP contribution is -2.36. The van der Waals surface area contributed by atoms with E-state index in [9.17, 15) is 4.79 Å². The molecule has 0 saturated heterocycles. The van der Waals surface area contributed by atoms with Crippen LogP contribution in [0.3, 0.4) is 0 Å². The Morgan fingerprint density at radius 1 is 1.40 bits per heavy atom. The molecule has 6 nitrogen and oxygen atoms in total. The van der Waals surface area contributed by atoms with E-state index in [2.05, 4.69) is 20.5 Å². The molecule has 2 aromatic heterocycles. The summed E-state index contributed by atoms with van der Waals surface area (Å²) in [6, 6.07) is 5.63. The van der Waals surface area contributed by atoms with E-state index < -0.39 is 0 Å². The quantitative estimate of drug-likeness (QED) is 0.918. The maximum Gasteiger partial charge on any atom is 0.323 e. The van der Waals surface area contributed by atoms with Crippen molar-refractivity contribution >= 4 is 22.5 Å². The van der Waals surface area contributed by atoms with E-state index in [1.807, 2.05) is 32.0 Å². The van der Waals surface area contributed by atoms with Crippen molar-refractivity contribution in [1.82, 2.24) is 20.1 Å². The van der Waals surface area contributed by atoms with Gasteiger partial charge >= 0.3 is 6.03 Å². The molecule has 2 rings (SSSR count). The van der Waals surface area contributed by atoms with Gasteiger partial charge in [0.1, 0.15) is 5.01 Å². The third kappa shape index (κ3) is 3.99. The fraction of sp³-hybridized carbons (Fsp3) is 0.385. The monoisotopic (exact) mass is 291 g/mol. The minimum atomic E-state index is -0.153. The molecule has 2 amide bonds. The maximum absolute atomic E-state index is 12.1. The number of amides is 2. The lowest BCUT2D eigenvalue weighted by molar-refractivity contribution is 0.215. The minimum absolute atomic E-state index is 0.153. The molecule has 0 aliphatic heterocycles. The fourth-order valence-electron chi connectivity index (χ4n) is 1.72. The first-order valence-corrected chi connectivity index (χ1v) is 7.26. The van der Waals surface area contributed by atoms with Crippen LogP contribution in [0.1, 0.15) is 17.6 Å². The number of carbonyl (C=O) groups is 1. The zero-order valence-corrected chi connectivity index (χ0v) is 12.4. The summed E-state index contributed by atoms with van der Waals surface area (Å²) >= 11 is 1.37. The smallest absolute Gasteiger partial charge is 0.323 e. The number of likely N-dealkylation sites (N-methyl/N-ethyl adjacent to an activating group) is 1. The summed E-state index contributed by atoms with van der Waals surface area (Å²) in [5.74, 6) is 0. The number of rotatable bonds is 5. The van der Waals surface area contributed by atoms with E-state index in [0.29, 0.717) is 18.2 Å². The largest absolute Gasteiger partial charge is 0.324 e. The maximum atomic E-state index is 12.1. The van der Waals surface area contributed by atoms with Crippen LogP contribution >= 0.6 is 11.3 Å². The summed E-state index contributed by atoms with van der Waals surface area (Å²) in [5, 5.41) is 11.9. The van der Waals surface area contributed by atoms with Gasteiger partial charge in [-0.05, 0) is 26.0 Å². The minimum Gasteiger partial charge on any atom is -0.324 e. The van der Waals surface area contributed by atoms with Crippen molar-refractivity contribution in [3.63, 3.8) is 0 Å². The van der Waals surface area contributed by atoms with Crippen LogP contribution in [0.4, 0.5) is 9.93 Å². The number of aryl methyl sites for hydroxylation is 1. The Bertz CT molecular complexity index is 557. The van der Waals surface area contributed by atoms with Crippen LogP contribution < -0.4 is 5.32 Å². The fourth-order valence-corrected chi connectivity index (χ4v) is 2.30. The third-order valence-electron chi connectivity index (χ3n) is 2.77. The van der Waals surface area contributed by atoms with E-state index >= 15 is 0 Å². The van der Waals surface area contributed by atoms with Gasteiger partial charge in [0.15, 0.2) is 0 Å². The second kappa shape index (κ2) is 6.95. The summed E-state index contributed by atoms with van der Waals surface area (Å²) in [5.41, 5.74) is 0.977. The number of hydrogen-bond donors (Lipinski definition) is 1. The SMILES string of the molecule is CCN(CCc1ccccn1)C(=O)Nc1nnc(C)s1. The number of carbonyl (C=O) groups excluding carboxylic acids is 1. The van der Waals surface area contributed by atoms with Gasteiger partial charge < -0.3 is 4.90 Å². The average Bonchev–Trinajstić information content (AvgIpc) is 2.86. The molecule has 0 atom stereocenters. The van der Waals surface area contributed by atoms with Crippen molar-refractivity contribution in [2.75, 3.05) is 18.4 Å². The normalized spacial score (nSPS) is 10.3. The highest BCUT2D eigenvalue weighted by molar-refractivity contribution is 7.15. The van der Waals surface area contributed by atoms with Crippen molar-refractivity contribution < 1.29 is 4.79 Å². The summed E-state index contributed by atoms with van der Waals surface area (Å²) in [4.78, 5) is 18.1. The number of pyridine rings is 1. The predicted octanol–water partition coefficient (Wildman–Crippen LogP) is 2.34. The molecule has 0 bridgehead atoms. The first-order chi connectivity index (χ1) is 9.69. The van der Waals surface area contributed by atoms with Crippen LogP contribution in [0, 0.1) is 6.92 Å². The van der Waals surface area contributed by atoms with Gasteiger partial charge in [-0.3, -0.25) is 10.3 Å². The van der Waals surface area contributed by atoms with Gasteiger partial charge in [0.25, 0.3) is 0 Å². The zero-order chi connectivity index (χ0) is 14.4. The van der Waals surface area contributed by atoms with Crippen LogP contribution in [0.5, 0.6) is 0 Å². The zero-order valence-electron chi connectivity index (χ0n) is 11.5. The van der Waals surface area contributed by atoms with Crippen molar-refractivity contribution in [1.29, 1.82) is 0 Å². The summed E-state index contributed by atoms with van der Waals surface area (Å²) in [6.45, 7) is 5.06. The van der Waals surface area contributed by atoms with Gasteiger partial charge in [0, 0.05) is 31.4 Å². The molecule has 2 heterocycles. The Morgan fingerprint density at radius 2 is 2.25 bits per heavy atom. The number of urea groups is 1. The second-order valence-corrected chi connectivity index (χ2v) is 5.39. The molecule has 2 aromatic rings. The van der Waals surface area contributed by atoms with Gasteiger partial charge in [-0.2, -0.15) is 0 Å². The van der Waals surface area contributed by atoms with Crippen LogP contribution in [0.2, 0.25) is 0 Å². The molecule has 7 heteroatoms. The molecule has 0 radical (unpaired) electrons. The van der Waals surface area contributed by atoms with Crippen molar-refractivity contribution in [3.05, 3.63) is 35.1 Å². The van der Waals surface area contributed by atoms with Crippen molar-refractivity contribution in [2.45, 2.75) is 20.3 Å². The predicted molar refractivity (Wildman–Crippen MR) is 78.9 cm³/mol. The number of anilines is 1. The average molecular weight is 291 g/mol. The molecule has 0 fully saturated rings. The molecular formula is C13H17N5OS. The first kappa shape index (κ1) is 14.4. The highest BCUT2D eigenvalue weighted by atomic mass is 32.1. The molecule has 0 unspecified atom stereocenters. The van der Waals surface area contributed by atoms with Gasteiger partial charge in [-0.25, -0.2) is 4.79 Å². The van der Waals surface area contributed by atoms with E-state index in [1.54, 1.807) is 11.1 Å². The Hall–Kier alpha value is -2.02. The van der Waals surface area contributed by atoms with E-state index in [4.69, 9.17) is 0 Å². The molecule has 0 aliphatic rings. The van der Waals surface area contributed by atoms with Gasteiger partial charge in [0.2, 0.25) is 5.13 Å². The third-order valence-corrected chi connectivity index (χ3v) is 3.53. The molecule has 0 aliphatic carbocycles. The summed E-state index contributed by atoms with van der Waals surface area (Å²) in [7, 11) is 0. The molecule has 1 N–H and O–H groups in total. The highest BCUT2D eigenvalue weighted by Gasteiger charge is 2.13. The van der Waals surface area contributed by atoms with E-state index in [-0.39, 0.29) is 6.03 Å². The van der Waals surface area contributed by atoms with Gasteiger partial charge in [-0.15, -0.1) is 10.2 Å². The highest BCUT2D eigenvalue weighted by Crippen LogP contribution is 2.14. The molecule has 20 heavy (non-hydrogen) atoms. The topological polar surface area (TPSA) is 71.0 Å². The Balaban J connectivity index is 1.89. The number of nitrogens with one attached hydrogen (secondary N) is 1. The van der Waals surface area contributed by atoms with Crippen molar-refractivity contribution in [2.24, 2.45) is 0 Å². The second-order valence-electron chi connectivity index (χ2n) is 4.21. The Labute approximate surface area is 121 Å². The lowest BCUT2D eigenvalue weighted by Gasteiger charge is -2.20. The van der Waals surface area contributed by atoms with Gasteiger partial charge in [0.05, 0.1) is 0 Å². The molecule has 0 saturated carbocycles. The lowest BCUT2D eigenvalue weighted by atomic mass is 10.2. The van der Waals surface area contributed by atoms with Crippen LogP contribution in [0.15, 0.2) is 24.4 Å². The van der Waals surface area contributed by atoms with Gasteiger partial charge in [-0.1, -0.05) is 17.4 Å². The molecule has 0 spiro atoms. The Kier molecular flexibility index (Phi) is 5.00. The number of aromatic nitrogens is 3. The molecule has 106 valence electrons. The molecule has 0 aromatic carbocycles. The number of nitrogens with zero attached hydrogens (tertiary/aromatic N) is 4. The van der Waals surface area contributed by atoms with Crippen LogP contribution in [-0.2, 0) is 6.42 Å². The summed E-state index contributed by atoms with van der Waals surface area (Å²) in [6.07, 6.45) is 2.49. The van der Waals surface area contributed by atoms with Crippen molar-refractivity contribution in [3.8, 4) is 0 Å². The Morgan fingerprint density at radius 3 is 2.85 bits per heavy atom. The van der Waals surface area contributed by atoms with Crippen LogP contribution in [-0.4, -0.2) is 39.2 Å². The first-order valence-electron chi connectivity index (χ1n) is 6.45. The van der Waals surface area contributed by atoms with E-state index in [1.165, 1.54) is 11.3 Å². The van der Waals surface area contributed by atoms with E-state index in [0.717, 1.165) is 17.1 Å². The standard InChI is InChI=1S/C13H17N5OS/c1-3-18(9-7-11-6-4-5-8-14-11)13(19)15-12-17-16-10(2)20-12/h4-6,8H,3,7,9H2,1-2H3,(H,15,17,19). The number of hydrogen-bond acceptors (Lipinski definition) is 5. The molecular weight excluding hydrogens is 274 g/mol. The van der Waals surface area contributed by atoms with Crippen LogP contribution in [0.25, 0.3) is 0 Å². The summed E-state index contributed by atoms with van der Waals surface area (Å²) < 4.78 is 0.